The van der Waals surface area contributed by atoms with Crippen molar-refractivity contribution in [2.75, 3.05) is 33.4 Å². The number of hydrogen-bond donors (Lipinski definition) is 1. The molecule has 1 aliphatic rings. The van der Waals surface area contributed by atoms with E-state index in [4.69, 9.17) is 9.47 Å². The Labute approximate surface area is 162 Å². The van der Waals surface area contributed by atoms with Gasteiger partial charge in [0, 0.05) is 33.3 Å². The molecule has 0 aromatic heterocycles. The van der Waals surface area contributed by atoms with Gasteiger partial charge in [-0.15, -0.1) is 24.0 Å². The molecule has 136 valence electrons. The number of nitrogens with one attached hydrogen (secondary N) is 1. The molecule has 1 fully saturated rings. The Morgan fingerprint density at radius 2 is 2.00 bits per heavy atom. The van der Waals surface area contributed by atoms with Gasteiger partial charge in [-0.2, -0.15) is 0 Å². The van der Waals surface area contributed by atoms with Gasteiger partial charge < -0.3 is 19.7 Å². The number of piperidine rings is 1. The molecule has 24 heavy (non-hydrogen) atoms. The van der Waals surface area contributed by atoms with E-state index in [1.54, 1.807) is 0 Å². The van der Waals surface area contributed by atoms with E-state index >= 15 is 0 Å². The van der Waals surface area contributed by atoms with Crippen molar-refractivity contribution in [3.63, 3.8) is 0 Å². The fourth-order valence-corrected chi connectivity index (χ4v) is 2.90. The zero-order valence-electron chi connectivity index (χ0n) is 15.0. The van der Waals surface area contributed by atoms with E-state index in [1.807, 2.05) is 26.1 Å². The molecule has 1 aromatic rings. The fraction of sp³-hybridized carbons (Fsp3) is 0.611. The second-order valence-corrected chi connectivity index (χ2v) is 5.62. The predicted octanol–water partition coefficient (Wildman–Crippen LogP) is 3.28. The van der Waals surface area contributed by atoms with Crippen LogP contribution in [0.5, 0.6) is 5.75 Å². The first-order valence-electron chi connectivity index (χ1n) is 8.55. The summed E-state index contributed by atoms with van der Waals surface area (Å²) in [5, 5.41) is 3.45. The summed E-state index contributed by atoms with van der Waals surface area (Å²) in [6.07, 6.45) is 2.53. The molecule has 0 spiro atoms. The van der Waals surface area contributed by atoms with E-state index in [0.29, 0.717) is 12.7 Å². The van der Waals surface area contributed by atoms with Gasteiger partial charge in [0.1, 0.15) is 5.75 Å². The molecule has 0 bridgehead atoms. The van der Waals surface area contributed by atoms with Crippen molar-refractivity contribution in [2.45, 2.75) is 39.3 Å². The minimum atomic E-state index is 0. The first-order valence-corrected chi connectivity index (χ1v) is 8.55. The number of ether oxygens (including phenoxy) is 2. The third-order valence-corrected chi connectivity index (χ3v) is 4.02. The molecule has 0 saturated carbocycles. The van der Waals surface area contributed by atoms with Crippen LogP contribution in [0.3, 0.4) is 0 Å². The Morgan fingerprint density at radius 1 is 1.25 bits per heavy atom. The maximum absolute atomic E-state index is 5.71. The highest BCUT2D eigenvalue weighted by Crippen LogP contribution is 2.15. The number of aliphatic imine (C=N–C) groups is 1. The standard InChI is InChI=1S/C18H29N3O2.HI/c1-4-22-16-9-11-21(12-10-16)18(19-3)20-14-15-7-6-8-17(13-15)23-5-2;/h6-8,13,16H,4-5,9-12,14H2,1-3H3,(H,19,20);1H. The Bertz CT molecular complexity index is 503. The van der Waals surface area contributed by atoms with Crippen molar-refractivity contribution >= 4 is 29.9 Å². The minimum Gasteiger partial charge on any atom is -0.494 e. The summed E-state index contributed by atoms with van der Waals surface area (Å²) in [7, 11) is 1.84. The number of guanidine groups is 1. The molecule has 1 aliphatic heterocycles. The molecule has 1 heterocycles. The Hall–Kier alpha value is -1.02. The monoisotopic (exact) mass is 447 g/mol. The lowest BCUT2D eigenvalue weighted by Gasteiger charge is -2.34. The van der Waals surface area contributed by atoms with Crippen molar-refractivity contribution in [3.8, 4) is 5.75 Å². The number of rotatable bonds is 6. The first kappa shape index (κ1) is 21.0. The second kappa shape index (κ2) is 11.5. The van der Waals surface area contributed by atoms with Gasteiger partial charge in [0.25, 0.3) is 0 Å². The smallest absolute Gasteiger partial charge is 0.193 e. The van der Waals surface area contributed by atoms with Crippen LogP contribution in [-0.4, -0.2) is 50.3 Å². The van der Waals surface area contributed by atoms with Gasteiger partial charge in [-0.3, -0.25) is 4.99 Å². The van der Waals surface area contributed by atoms with Crippen LogP contribution >= 0.6 is 24.0 Å². The molecule has 0 amide bonds. The Balaban J connectivity index is 0.00000288. The third kappa shape index (κ3) is 6.47. The lowest BCUT2D eigenvalue weighted by molar-refractivity contribution is 0.0263. The highest BCUT2D eigenvalue weighted by atomic mass is 127. The van der Waals surface area contributed by atoms with E-state index < -0.39 is 0 Å². The van der Waals surface area contributed by atoms with E-state index in [1.165, 1.54) is 5.56 Å². The number of benzene rings is 1. The van der Waals surface area contributed by atoms with Crippen molar-refractivity contribution < 1.29 is 9.47 Å². The molecule has 5 nitrogen and oxygen atoms in total. The van der Waals surface area contributed by atoms with E-state index in [0.717, 1.165) is 50.8 Å². The molecule has 1 N–H and O–H groups in total. The first-order chi connectivity index (χ1) is 11.3. The van der Waals surface area contributed by atoms with Gasteiger partial charge in [0.15, 0.2) is 5.96 Å². The summed E-state index contributed by atoms with van der Waals surface area (Å²) < 4.78 is 11.3. The Kier molecular flexibility index (Phi) is 10.1. The van der Waals surface area contributed by atoms with Gasteiger partial charge in [-0.25, -0.2) is 0 Å². The Morgan fingerprint density at radius 3 is 2.62 bits per heavy atom. The van der Waals surface area contributed by atoms with E-state index in [9.17, 15) is 0 Å². The van der Waals surface area contributed by atoms with Crippen LogP contribution < -0.4 is 10.1 Å². The quantitative estimate of drug-likeness (QED) is 0.413. The van der Waals surface area contributed by atoms with Gasteiger partial charge in [0.05, 0.1) is 12.7 Å². The van der Waals surface area contributed by atoms with E-state index in [2.05, 4.69) is 34.3 Å². The van der Waals surface area contributed by atoms with E-state index in [-0.39, 0.29) is 24.0 Å². The van der Waals surface area contributed by atoms with Crippen LogP contribution in [0.2, 0.25) is 0 Å². The zero-order valence-corrected chi connectivity index (χ0v) is 17.3. The lowest BCUT2D eigenvalue weighted by atomic mass is 10.1. The van der Waals surface area contributed by atoms with Crippen molar-refractivity contribution in [1.29, 1.82) is 0 Å². The maximum atomic E-state index is 5.71. The van der Waals surface area contributed by atoms with Gasteiger partial charge in [0.2, 0.25) is 0 Å². The normalized spacial score (nSPS) is 15.8. The maximum Gasteiger partial charge on any atom is 0.193 e. The molecule has 6 heteroatoms. The molecule has 0 radical (unpaired) electrons. The SMILES string of the molecule is CCOc1cccc(CNC(=NC)N2CCC(OCC)CC2)c1.I. The van der Waals surface area contributed by atoms with Crippen molar-refractivity contribution in [1.82, 2.24) is 10.2 Å². The lowest BCUT2D eigenvalue weighted by Crippen LogP contribution is -2.46. The summed E-state index contributed by atoms with van der Waals surface area (Å²) in [5.41, 5.74) is 1.20. The van der Waals surface area contributed by atoms with Crippen LogP contribution in [-0.2, 0) is 11.3 Å². The number of hydrogen-bond acceptors (Lipinski definition) is 3. The molecule has 0 atom stereocenters. The zero-order chi connectivity index (χ0) is 16.5. The molecular formula is C18H30IN3O2. The average molecular weight is 447 g/mol. The summed E-state index contributed by atoms with van der Waals surface area (Å²) >= 11 is 0. The van der Waals surface area contributed by atoms with Crippen molar-refractivity contribution in [2.24, 2.45) is 4.99 Å². The van der Waals surface area contributed by atoms with Gasteiger partial charge >= 0.3 is 0 Å². The highest BCUT2D eigenvalue weighted by Gasteiger charge is 2.21. The van der Waals surface area contributed by atoms with Crippen LogP contribution in [0.25, 0.3) is 0 Å². The molecular weight excluding hydrogens is 417 g/mol. The topological polar surface area (TPSA) is 46.1 Å². The van der Waals surface area contributed by atoms with Crippen LogP contribution in [0.15, 0.2) is 29.3 Å². The fourth-order valence-electron chi connectivity index (χ4n) is 2.90. The molecule has 2 rings (SSSR count). The molecule has 0 aliphatic carbocycles. The number of halogens is 1. The average Bonchev–Trinajstić information content (AvgIpc) is 2.58. The molecule has 1 aromatic carbocycles. The summed E-state index contributed by atoms with van der Waals surface area (Å²) in [5.74, 6) is 1.88. The largest absolute Gasteiger partial charge is 0.494 e. The number of nitrogens with zero attached hydrogens (tertiary/aromatic N) is 2. The highest BCUT2D eigenvalue weighted by molar-refractivity contribution is 14.0. The summed E-state index contributed by atoms with van der Waals surface area (Å²) in [4.78, 5) is 6.72. The molecule has 0 unspecified atom stereocenters. The minimum absolute atomic E-state index is 0. The summed E-state index contributed by atoms with van der Waals surface area (Å²) in [6.45, 7) is 8.27. The number of likely N-dealkylation sites (tertiary alicyclic amines) is 1. The van der Waals surface area contributed by atoms with Crippen molar-refractivity contribution in [3.05, 3.63) is 29.8 Å². The van der Waals surface area contributed by atoms with Gasteiger partial charge in [-0.05, 0) is 44.4 Å². The van der Waals surface area contributed by atoms with Gasteiger partial charge in [-0.1, -0.05) is 12.1 Å². The van der Waals surface area contributed by atoms with Crippen LogP contribution in [0.1, 0.15) is 32.3 Å². The molecule has 1 saturated heterocycles. The third-order valence-electron chi connectivity index (χ3n) is 4.02. The second-order valence-electron chi connectivity index (χ2n) is 5.62. The van der Waals surface area contributed by atoms with Crippen LogP contribution in [0, 0.1) is 0 Å². The van der Waals surface area contributed by atoms with Crippen LogP contribution in [0.4, 0.5) is 0 Å². The predicted molar refractivity (Wildman–Crippen MR) is 109 cm³/mol. The summed E-state index contributed by atoms with van der Waals surface area (Å²) in [6, 6.07) is 8.19.